The van der Waals surface area contributed by atoms with E-state index in [2.05, 4.69) is 220 Å². The normalized spacial score (nSPS) is 12.9. The van der Waals surface area contributed by atoms with E-state index < -0.39 is 0 Å². The number of hydrogen-bond donors (Lipinski definition) is 0. The van der Waals surface area contributed by atoms with Crippen LogP contribution in [0.2, 0.25) is 0 Å². The van der Waals surface area contributed by atoms with Crippen molar-refractivity contribution in [3.05, 3.63) is 317 Å². The molecule has 450 valence electrons. The lowest BCUT2D eigenvalue weighted by molar-refractivity contribution is 0.660. The lowest BCUT2D eigenvalue weighted by Gasteiger charge is -2.22. The Labute approximate surface area is 549 Å². The third-order valence-corrected chi connectivity index (χ3v) is 21.0. The zero-order chi connectivity index (χ0) is 63.8. The second-order valence-corrected chi connectivity index (χ2v) is 26.3. The van der Waals surface area contributed by atoms with Gasteiger partial charge < -0.3 is 0 Å². The maximum Gasteiger partial charge on any atom is 0.339 e. The van der Waals surface area contributed by atoms with E-state index in [1.165, 1.54) is 44.2 Å². The van der Waals surface area contributed by atoms with E-state index in [-0.39, 0.29) is 16.8 Å². The molecule has 96 heavy (non-hydrogen) atoms. The van der Waals surface area contributed by atoms with Gasteiger partial charge in [-0.05, 0) is 211 Å². The van der Waals surface area contributed by atoms with E-state index in [1.807, 2.05) is 90.5 Å². The highest BCUT2D eigenvalue weighted by molar-refractivity contribution is 6.25. The van der Waals surface area contributed by atoms with Gasteiger partial charge in [-0.2, -0.15) is 0 Å². The Morgan fingerprint density at radius 2 is 0.719 bits per heavy atom. The van der Waals surface area contributed by atoms with Gasteiger partial charge >= 0.3 is 11.4 Å². The molecule has 0 amide bonds. The number of aromatic nitrogens is 6. The monoisotopic (exact) mass is 1230 g/mol. The van der Waals surface area contributed by atoms with Crippen LogP contribution in [-0.4, -0.2) is 27.9 Å². The van der Waals surface area contributed by atoms with E-state index in [4.69, 9.17) is 9.97 Å². The van der Waals surface area contributed by atoms with Crippen LogP contribution in [0, 0.1) is 0 Å². The number of para-hydroxylation sites is 5. The maximum absolute atomic E-state index is 15.0. The fourth-order valence-corrected chi connectivity index (χ4v) is 16.6. The lowest BCUT2D eigenvalue weighted by atomic mass is 9.81. The summed E-state index contributed by atoms with van der Waals surface area (Å²) in [4.78, 5) is 39.2. The van der Waals surface area contributed by atoms with Crippen LogP contribution in [0.5, 0.6) is 0 Å². The van der Waals surface area contributed by atoms with Crippen LogP contribution in [0.1, 0.15) is 25.0 Å². The first-order valence-electron chi connectivity index (χ1n) is 32.8. The fourth-order valence-electron chi connectivity index (χ4n) is 16.6. The molecule has 4 heterocycles. The summed E-state index contributed by atoms with van der Waals surface area (Å²) >= 11 is 0. The van der Waals surface area contributed by atoms with Gasteiger partial charge in [0, 0.05) is 23.2 Å². The van der Waals surface area contributed by atoms with Gasteiger partial charge in [0.15, 0.2) is 11.3 Å². The summed E-state index contributed by atoms with van der Waals surface area (Å²) in [6.07, 6.45) is 0. The average molecular weight is 1230 g/mol. The van der Waals surface area contributed by atoms with Crippen molar-refractivity contribution in [1.29, 1.82) is 0 Å². The summed E-state index contributed by atoms with van der Waals surface area (Å²) in [5, 5.41) is 13.3. The lowest BCUT2D eigenvalue weighted by Crippen LogP contribution is -2.25. The molecular weight excluding hydrogens is 1170 g/mol. The molecule has 4 aromatic heterocycles. The van der Waals surface area contributed by atoms with Crippen molar-refractivity contribution in [2.75, 3.05) is 0 Å². The Bertz CT molecular complexity index is 6690. The molecule has 0 fully saturated rings. The Kier molecular flexibility index (Phi) is 11.3. The first-order valence-corrected chi connectivity index (χ1v) is 32.8. The molecule has 1 aliphatic rings. The zero-order valence-corrected chi connectivity index (χ0v) is 52.6. The van der Waals surface area contributed by atoms with Crippen molar-refractivity contribution in [2.45, 2.75) is 19.3 Å². The van der Waals surface area contributed by atoms with Crippen LogP contribution < -0.4 is 11.4 Å². The molecule has 0 atom stereocenters. The first-order chi connectivity index (χ1) is 47.1. The molecule has 0 N–H and O–H groups in total. The second kappa shape index (κ2) is 20.0. The number of nitrogens with zero attached hydrogens (tertiary/aromatic N) is 6. The maximum atomic E-state index is 15.0. The number of fused-ring (bicyclic) bond motifs is 18. The van der Waals surface area contributed by atoms with Crippen LogP contribution >= 0.6 is 0 Å². The summed E-state index contributed by atoms with van der Waals surface area (Å²) in [5.41, 5.74) is 22.8. The van der Waals surface area contributed by atoms with E-state index in [0.717, 1.165) is 137 Å². The van der Waals surface area contributed by atoms with Crippen molar-refractivity contribution >= 4 is 109 Å². The number of aryl methyl sites for hydroxylation is 1. The molecule has 8 heteroatoms. The van der Waals surface area contributed by atoms with Gasteiger partial charge in [0.25, 0.3) is 0 Å². The molecule has 0 spiro atoms. The third kappa shape index (κ3) is 7.54. The minimum Gasteiger partial charge on any atom is -0.296 e. The highest BCUT2D eigenvalue weighted by Crippen LogP contribution is 2.53. The predicted molar refractivity (Wildman–Crippen MR) is 397 cm³/mol. The second-order valence-electron chi connectivity index (χ2n) is 26.3. The summed E-state index contributed by atoms with van der Waals surface area (Å²) in [7, 11) is 1.86. The van der Waals surface area contributed by atoms with Crippen LogP contribution in [0.3, 0.4) is 0 Å². The predicted octanol–water partition coefficient (Wildman–Crippen LogP) is 20.9. The quantitative estimate of drug-likeness (QED) is 0.155. The molecule has 1 aliphatic carbocycles. The van der Waals surface area contributed by atoms with Gasteiger partial charge in [-0.25, -0.2) is 28.4 Å². The molecule has 0 unspecified atom stereocenters. The van der Waals surface area contributed by atoms with Crippen molar-refractivity contribution in [3.8, 4) is 72.4 Å². The smallest absolute Gasteiger partial charge is 0.296 e. The number of imidazole rings is 2. The molecule has 19 aromatic rings. The highest BCUT2D eigenvalue weighted by atomic mass is 16.2. The van der Waals surface area contributed by atoms with Gasteiger partial charge in [0.05, 0.1) is 38.8 Å². The first kappa shape index (κ1) is 54.1. The molecule has 0 radical (unpaired) electrons. The summed E-state index contributed by atoms with van der Waals surface area (Å²) < 4.78 is 7.09. The molecule has 20 rings (SSSR count). The molecule has 0 bridgehead atoms. The molecule has 0 saturated carbocycles. The van der Waals surface area contributed by atoms with Crippen molar-refractivity contribution in [1.82, 2.24) is 27.9 Å². The van der Waals surface area contributed by atoms with Crippen LogP contribution in [0.25, 0.3) is 181 Å². The Morgan fingerprint density at radius 3 is 1.27 bits per heavy atom. The third-order valence-electron chi connectivity index (χ3n) is 21.0. The number of hydrogen-bond acceptors (Lipinski definition) is 4. The fraction of sp³-hybridized carbons (Fsp3) is 0.0455. The van der Waals surface area contributed by atoms with Crippen molar-refractivity contribution in [2.24, 2.45) is 7.05 Å². The molecule has 8 nitrogen and oxygen atoms in total. The SMILES string of the molecule is Cn1c(=O)n2c3ccccc3nc2c2ccc(-c3c4ccccc4c(-c4ccc5c(c4)-c4cc(-c6ccc7cccc(-c8c9ccccc9c(-c9ccc%10c(c9)n(-c9ccccc9)c(=O)n9c%11ccccc%11nc%109)c9ccccc89)c7c6)ccc4C5(C)C)c4ccccc34)cc21. The summed E-state index contributed by atoms with van der Waals surface area (Å²) in [6, 6.07) is 102. The van der Waals surface area contributed by atoms with E-state index >= 15 is 0 Å². The topological polar surface area (TPSA) is 78.6 Å². The van der Waals surface area contributed by atoms with Gasteiger partial charge in [-0.3, -0.25) is 9.13 Å². The largest absolute Gasteiger partial charge is 0.339 e. The van der Waals surface area contributed by atoms with Crippen LogP contribution in [0.15, 0.2) is 295 Å². The zero-order valence-electron chi connectivity index (χ0n) is 52.6. The Balaban J connectivity index is 0.722. The van der Waals surface area contributed by atoms with E-state index in [1.54, 1.807) is 13.4 Å². The van der Waals surface area contributed by atoms with Crippen LogP contribution in [-0.2, 0) is 12.5 Å². The van der Waals surface area contributed by atoms with Crippen molar-refractivity contribution in [3.63, 3.8) is 0 Å². The van der Waals surface area contributed by atoms with Gasteiger partial charge in [0.1, 0.15) is 0 Å². The average Bonchev–Trinajstić information content (AvgIpc) is 1.10. The standard InChI is InChI=1S/C88H56N6O2/c1-88(2)72-44-40-53(47-70(72)71-48-54(41-45-73(71)88)80-58-23-7-9-25-60(58)81(61-26-10-8-24-59(61)80)55-38-42-67-78(49-55)91(3)86(95)93-76-34-17-15-32-74(76)89-84(67)93)52-37-36-51-20-19-31-66(69(51)46-52)83-64-29-13-11-27-62(64)82(63-28-12-14-30-65(63)83)56-39-43-68-79(50-56)92(57-21-5-4-6-22-57)87(96)94-77-35-18-16-33-75(77)90-85(68)94/h4-50H,1-3H3. The number of rotatable bonds is 6. The molecule has 0 aliphatic heterocycles. The molecule has 0 saturated heterocycles. The van der Waals surface area contributed by atoms with Gasteiger partial charge in [-0.1, -0.05) is 220 Å². The van der Waals surface area contributed by atoms with Gasteiger partial charge in [0.2, 0.25) is 0 Å². The minimum atomic E-state index is -0.234. The minimum absolute atomic E-state index is 0.125. The Hall–Kier alpha value is -12.5. The molecular formula is C88H56N6O2. The van der Waals surface area contributed by atoms with E-state index in [9.17, 15) is 9.59 Å². The Morgan fingerprint density at radius 1 is 0.302 bits per heavy atom. The van der Waals surface area contributed by atoms with Gasteiger partial charge in [-0.15, -0.1) is 0 Å². The van der Waals surface area contributed by atoms with Crippen molar-refractivity contribution < 1.29 is 0 Å². The molecule has 15 aromatic carbocycles. The summed E-state index contributed by atoms with van der Waals surface area (Å²) in [5.74, 6) is 0. The number of benzene rings is 15. The summed E-state index contributed by atoms with van der Waals surface area (Å²) in [6.45, 7) is 4.72. The van der Waals surface area contributed by atoms with Crippen LogP contribution in [0.4, 0.5) is 0 Å². The highest BCUT2D eigenvalue weighted by Gasteiger charge is 2.36. The van der Waals surface area contributed by atoms with E-state index in [0.29, 0.717) is 11.3 Å².